The van der Waals surface area contributed by atoms with Gasteiger partial charge in [-0.05, 0) is 64.3 Å². The molecule has 0 unspecified atom stereocenters. The highest BCUT2D eigenvalue weighted by molar-refractivity contribution is 9.10. The predicted octanol–water partition coefficient (Wildman–Crippen LogP) is 5.57. The Morgan fingerprint density at radius 3 is 2.50 bits per heavy atom. The van der Waals surface area contributed by atoms with Crippen LogP contribution in [-0.2, 0) is 13.2 Å². The second-order valence-electron chi connectivity index (χ2n) is 5.21. The molecule has 0 amide bonds. The van der Waals surface area contributed by atoms with Crippen molar-refractivity contribution in [2.45, 2.75) is 32.9 Å². The maximum absolute atomic E-state index is 5.88. The van der Waals surface area contributed by atoms with Gasteiger partial charge in [0.25, 0.3) is 0 Å². The number of halogens is 2. The maximum Gasteiger partial charge on any atom is 0.134 e. The van der Waals surface area contributed by atoms with Crippen molar-refractivity contribution in [1.82, 2.24) is 5.32 Å². The van der Waals surface area contributed by atoms with E-state index in [2.05, 4.69) is 40.3 Å². The first-order valence-electron chi connectivity index (χ1n) is 7.55. The highest BCUT2D eigenvalue weighted by Gasteiger charge is 2.03. The molecular weight excluding hydrogens is 362 g/mol. The van der Waals surface area contributed by atoms with Gasteiger partial charge in [-0.15, -0.1) is 0 Å². The van der Waals surface area contributed by atoms with Crippen LogP contribution in [0.15, 0.2) is 46.9 Å². The molecule has 0 aliphatic heterocycles. The number of ether oxygens (including phenoxy) is 1. The molecular formula is C18H21BrClNO. The van der Waals surface area contributed by atoms with E-state index in [1.54, 1.807) is 0 Å². The van der Waals surface area contributed by atoms with Crippen molar-refractivity contribution in [2.24, 2.45) is 0 Å². The van der Waals surface area contributed by atoms with E-state index in [0.717, 1.165) is 33.9 Å². The van der Waals surface area contributed by atoms with Crippen LogP contribution in [-0.4, -0.2) is 6.54 Å². The van der Waals surface area contributed by atoms with Crippen LogP contribution in [0.25, 0.3) is 0 Å². The number of hydrogen-bond donors (Lipinski definition) is 1. The molecule has 118 valence electrons. The minimum Gasteiger partial charge on any atom is -0.488 e. The normalized spacial score (nSPS) is 10.7. The summed E-state index contributed by atoms with van der Waals surface area (Å²) in [5.41, 5.74) is 2.35. The average molecular weight is 383 g/mol. The van der Waals surface area contributed by atoms with E-state index in [0.29, 0.717) is 6.61 Å². The monoisotopic (exact) mass is 381 g/mol. The fraction of sp³-hybridized carbons (Fsp3) is 0.333. The SMILES string of the molecule is CCCCNCc1ccc(OCc2ccc(Cl)cc2)c(Br)c1. The zero-order valence-electron chi connectivity index (χ0n) is 12.7. The van der Waals surface area contributed by atoms with Crippen LogP contribution in [0, 0.1) is 0 Å². The summed E-state index contributed by atoms with van der Waals surface area (Å²) in [6.45, 7) is 4.67. The molecule has 0 saturated carbocycles. The van der Waals surface area contributed by atoms with Gasteiger partial charge in [-0.3, -0.25) is 0 Å². The van der Waals surface area contributed by atoms with Crippen molar-refractivity contribution in [3.05, 3.63) is 63.1 Å². The van der Waals surface area contributed by atoms with Crippen molar-refractivity contribution in [3.8, 4) is 5.75 Å². The smallest absolute Gasteiger partial charge is 0.134 e. The Kier molecular flexibility index (Phi) is 7.23. The molecule has 0 atom stereocenters. The Labute approximate surface area is 146 Å². The predicted molar refractivity (Wildman–Crippen MR) is 96.5 cm³/mol. The molecule has 2 aromatic rings. The first kappa shape index (κ1) is 17.3. The summed E-state index contributed by atoms with van der Waals surface area (Å²) in [5.74, 6) is 0.854. The zero-order valence-corrected chi connectivity index (χ0v) is 15.1. The number of nitrogens with one attached hydrogen (secondary N) is 1. The Hall–Kier alpha value is -1.03. The molecule has 0 saturated heterocycles. The second kappa shape index (κ2) is 9.19. The highest BCUT2D eigenvalue weighted by atomic mass is 79.9. The molecule has 0 aliphatic carbocycles. The third-order valence-corrected chi connectivity index (χ3v) is 4.21. The zero-order chi connectivity index (χ0) is 15.8. The second-order valence-corrected chi connectivity index (χ2v) is 6.50. The first-order valence-corrected chi connectivity index (χ1v) is 8.72. The van der Waals surface area contributed by atoms with Gasteiger partial charge in [0.2, 0.25) is 0 Å². The largest absolute Gasteiger partial charge is 0.488 e. The van der Waals surface area contributed by atoms with Crippen LogP contribution in [0.4, 0.5) is 0 Å². The Morgan fingerprint density at radius 1 is 1.09 bits per heavy atom. The van der Waals surface area contributed by atoms with Crippen LogP contribution in [0.1, 0.15) is 30.9 Å². The van der Waals surface area contributed by atoms with Crippen LogP contribution < -0.4 is 10.1 Å². The quantitative estimate of drug-likeness (QED) is 0.602. The van der Waals surface area contributed by atoms with Crippen molar-refractivity contribution in [3.63, 3.8) is 0 Å². The fourth-order valence-electron chi connectivity index (χ4n) is 2.05. The number of benzene rings is 2. The van der Waals surface area contributed by atoms with E-state index in [4.69, 9.17) is 16.3 Å². The van der Waals surface area contributed by atoms with Gasteiger partial charge in [0.15, 0.2) is 0 Å². The molecule has 0 aliphatic rings. The molecule has 22 heavy (non-hydrogen) atoms. The first-order chi connectivity index (χ1) is 10.7. The Bertz CT molecular complexity index is 586. The molecule has 2 rings (SSSR count). The van der Waals surface area contributed by atoms with Gasteiger partial charge in [-0.1, -0.05) is 43.1 Å². The van der Waals surface area contributed by atoms with E-state index >= 15 is 0 Å². The average Bonchev–Trinajstić information content (AvgIpc) is 2.52. The molecule has 0 heterocycles. The molecule has 0 aromatic heterocycles. The van der Waals surface area contributed by atoms with E-state index in [9.17, 15) is 0 Å². The number of hydrogen-bond acceptors (Lipinski definition) is 2. The van der Waals surface area contributed by atoms with Gasteiger partial charge in [-0.25, -0.2) is 0 Å². The van der Waals surface area contributed by atoms with Crippen molar-refractivity contribution in [1.29, 1.82) is 0 Å². The van der Waals surface area contributed by atoms with Gasteiger partial charge in [0.05, 0.1) is 4.47 Å². The van der Waals surface area contributed by atoms with Crippen LogP contribution in [0.2, 0.25) is 5.02 Å². The van der Waals surface area contributed by atoms with Gasteiger partial charge in [0.1, 0.15) is 12.4 Å². The highest BCUT2D eigenvalue weighted by Crippen LogP contribution is 2.27. The fourth-order valence-corrected chi connectivity index (χ4v) is 2.71. The van der Waals surface area contributed by atoms with Crippen LogP contribution in [0.3, 0.4) is 0 Å². The number of unbranched alkanes of at least 4 members (excludes halogenated alkanes) is 1. The molecule has 0 bridgehead atoms. The number of rotatable bonds is 8. The molecule has 1 N–H and O–H groups in total. The Balaban J connectivity index is 1.87. The maximum atomic E-state index is 5.88. The summed E-state index contributed by atoms with van der Waals surface area (Å²) in [4.78, 5) is 0. The molecule has 2 aromatic carbocycles. The van der Waals surface area contributed by atoms with E-state index < -0.39 is 0 Å². The third-order valence-electron chi connectivity index (χ3n) is 3.34. The summed E-state index contributed by atoms with van der Waals surface area (Å²) in [7, 11) is 0. The minimum atomic E-state index is 0.532. The summed E-state index contributed by atoms with van der Waals surface area (Å²) < 4.78 is 6.83. The summed E-state index contributed by atoms with van der Waals surface area (Å²) >= 11 is 9.46. The van der Waals surface area contributed by atoms with Gasteiger partial charge >= 0.3 is 0 Å². The van der Waals surface area contributed by atoms with Gasteiger partial charge in [0, 0.05) is 11.6 Å². The molecule has 4 heteroatoms. The summed E-state index contributed by atoms with van der Waals surface area (Å²) in [5, 5.41) is 4.18. The standard InChI is InChI=1S/C18H21BrClNO/c1-2-3-10-21-12-15-6-9-18(17(19)11-15)22-13-14-4-7-16(20)8-5-14/h4-9,11,21H,2-3,10,12-13H2,1H3. The van der Waals surface area contributed by atoms with E-state index in [1.165, 1.54) is 18.4 Å². The van der Waals surface area contributed by atoms with Crippen LogP contribution >= 0.6 is 27.5 Å². The van der Waals surface area contributed by atoms with Crippen molar-refractivity contribution < 1.29 is 4.74 Å². The molecule has 0 spiro atoms. The van der Waals surface area contributed by atoms with Gasteiger partial charge in [-0.2, -0.15) is 0 Å². The van der Waals surface area contributed by atoms with Crippen molar-refractivity contribution >= 4 is 27.5 Å². The molecule has 0 radical (unpaired) electrons. The third kappa shape index (κ3) is 5.64. The van der Waals surface area contributed by atoms with Crippen LogP contribution in [0.5, 0.6) is 5.75 Å². The molecule has 2 nitrogen and oxygen atoms in total. The van der Waals surface area contributed by atoms with E-state index in [-0.39, 0.29) is 0 Å². The summed E-state index contributed by atoms with van der Waals surface area (Å²) in [6, 6.07) is 13.9. The minimum absolute atomic E-state index is 0.532. The summed E-state index contributed by atoms with van der Waals surface area (Å²) in [6.07, 6.45) is 2.43. The topological polar surface area (TPSA) is 21.3 Å². The lowest BCUT2D eigenvalue weighted by molar-refractivity contribution is 0.304. The Morgan fingerprint density at radius 2 is 1.82 bits per heavy atom. The van der Waals surface area contributed by atoms with Gasteiger partial charge < -0.3 is 10.1 Å². The van der Waals surface area contributed by atoms with Crippen molar-refractivity contribution in [2.75, 3.05) is 6.54 Å². The van der Waals surface area contributed by atoms with E-state index in [1.807, 2.05) is 30.3 Å². The molecule has 0 fully saturated rings. The lowest BCUT2D eigenvalue weighted by Crippen LogP contribution is -2.14. The lowest BCUT2D eigenvalue weighted by atomic mass is 10.2. The lowest BCUT2D eigenvalue weighted by Gasteiger charge is -2.10.